The zero-order valence-corrected chi connectivity index (χ0v) is 15.0. The summed E-state index contributed by atoms with van der Waals surface area (Å²) in [5.41, 5.74) is 1.90. The molecule has 3 rings (SSSR count). The summed E-state index contributed by atoms with van der Waals surface area (Å²) < 4.78 is 23.0. The molecule has 0 radical (unpaired) electrons. The molecule has 3 aromatic rings. The van der Waals surface area contributed by atoms with Crippen molar-refractivity contribution in [2.75, 3.05) is 18.2 Å². The first-order valence-electron chi connectivity index (χ1n) is 7.88. The van der Waals surface area contributed by atoms with Gasteiger partial charge in [-0.3, -0.25) is 4.79 Å². The Labute approximate surface area is 147 Å². The maximum absolute atomic E-state index is 12.9. The van der Waals surface area contributed by atoms with Crippen molar-refractivity contribution < 1.29 is 13.2 Å². The van der Waals surface area contributed by atoms with E-state index in [-0.39, 0.29) is 11.7 Å². The zero-order valence-electron chi connectivity index (χ0n) is 14.1. The van der Waals surface area contributed by atoms with Gasteiger partial charge in [0.25, 0.3) is 5.91 Å². The van der Waals surface area contributed by atoms with Crippen molar-refractivity contribution >= 4 is 32.2 Å². The second-order valence-corrected chi connectivity index (χ2v) is 8.27. The van der Waals surface area contributed by atoms with E-state index in [1.165, 1.54) is 6.26 Å². The molecular formula is C20H19NO3S. The standard InChI is InChI=1S/C20H19NO3S/c1-21(19-12-6-9-16-8-3-4-11-18(16)19)20(22)17-10-5-7-15(13-17)14-25(2,23)24/h3-13H,14H2,1-2H3. The molecule has 0 saturated heterocycles. The SMILES string of the molecule is CN(C(=O)c1cccc(CS(C)(=O)=O)c1)c1cccc2ccccc12. The second kappa shape index (κ2) is 6.69. The molecule has 0 saturated carbocycles. The number of amides is 1. The van der Waals surface area contributed by atoms with Crippen LogP contribution in [0.25, 0.3) is 10.8 Å². The molecular weight excluding hydrogens is 334 g/mol. The molecule has 0 bridgehead atoms. The van der Waals surface area contributed by atoms with Gasteiger partial charge in [0.2, 0.25) is 0 Å². The topological polar surface area (TPSA) is 54.5 Å². The number of rotatable bonds is 4. The largest absolute Gasteiger partial charge is 0.311 e. The summed E-state index contributed by atoms with van der Waals surface area (Å²) in [5, 5.41) is 2.05. The van der Waals surface area contributed by atoms with Crippen molar-refractivity contribution in [3.8, 4) is 0 Å². The third kappa shape index (κ3) is 3.88. The van der Waals surface area contributed by atoms with E-state index in [1.54, 1.807) is 36.2 Å². The predicted molar refractivity (Wildman–Crippen MR) is 102 cm³/mol. The minimum absolute atomic E-state index is 0.0773. The summed E-state index contributed by atoms with van der Waals surface area (Å²) in [5.74, 6) is -0.252. The van der Waals surface area contributed by atoms with Gasteiger partial charge in [0, 0.05) is 24.3 Å². The van der Waals surface area contributed by atoms with E-state index in [0.29, 0.717) is 11.1 Å². The van der Waals surface area contributed by atoms with Crippen LogP contribution in [0.1, 0.15) is 15.9 Å². The maximum Gasteiger partial charge on any atom is 0.258 e. The van der Waals surface area contributed by atoms with Crippen molar-refractivity contribution in [3.05, 3.63) is 77.9 Å². The smallest absolute Gasteiger partial charge is 0.258 e. The van der Waals surface area contributed by atoms with Crippen molar-refractivity contribution in [1.82, 2.24) is 0 Å². The summed E-state index contributed by atoms with van der Waals surface area (Å²) in [4.78, 5) is 14.5. The predicted octanol–water partition coefficient (Wildman–Crippen LogP) is 3.66. The monoisotopic (exact) mass is 353 g/mol. The molecule has 0 heterocycles. The van der Waals surface area contributed by atoms with Gasteiger partial charge in [0.05, 0.1) is 11.4 Å². The molecule has 0 spiro atoms. The van der Waals surface area contributed by atoms with Crippen molar-refractivity contribution in [2.45, 2.75) is 5.75 Å². The fourth-order valence-corrected chi connectivity index (χ4v) is 3.69. The van der Waals surface area contributed by atoms with E-state index in [4.69, 9.17) is 0 Å². The van der Waals surface area contributed by atoms with Gasteiger partial charge in [0.1, 0.15) is 0 Å². The summed E-state index contributed by atoms with van der Waals surface area (Å²) in [6, 6.07) is 20.5. The Hall–Kier alpha value is -2.66. The first-order chi connectivity index (χ1) is 11.8. The summed E-state index contributed by atoms with van der Waals surface area (Å²) in [6.45, 7) is 0. The molecule has 0 aliphatic carbocycles. The van der Waals surface area contributed by atoms with E-state index in [2.05, 4.69) is 0 Å². The number of hydrogen-bond donors (Lipinski definition) is 0. The summed E-state index contributed by atoms with van der Waals surface area (Å²) in [6.07, 6.45) is 1.18. The molecule has 0 aromatic heterocycles. The lowest BCUT2D eigenvalue weighted by Gasteiger charge is -2.20. The minimum atomic E-state index is -3.15. The Balaban J connectivity index is 1.96. The number of sulfone groups is 1. The number of nitrogens with zero attached hydrogens (tertiary/aromatic N) is 1. The van der Waals surface area contributed by atoms with Crippen LogP contribution in [0, 0.1) is 0 Å². The highest BCUT2D eigenvalue weighted by Crippen LogP contribution is 2.27. The molecule has 0 atom stereocenters. The highest BCUT2D eigenvalue weighted by molar-refractivity contribution is 7.89. The van der Waals surface area contributed by atoms with Crippen LogP contribution in [0.15, 0.2) is 66.7 Å². The molecule has 3 aromatic carbocycles. The van der Waals surface area contributed by atoms with E-state index in [9.17, 15) is 13.2 Å². The molecule has 0 aliphatic heterocycles. The molecule has 5 heteroatoms. The fourth-order valence-electron chi connectivity index (χ4n) is 2.90. The van der Waals surface area contributed by atoms with Crippen molar-refractivity contribution in [1.29, 1.82) is 0 Å². The van der Waals surface area contributed by atoms with Crippen LogP contribution in [0.5, 0.6) is 0 Å². The number of carbonyl (C=O) groups excluding carboxylic acids is 1. The molecule has 1 amide bonds. The lowest BCUT2D eigenvalue weighted by molar-refractivity contribution is 0.0993. The van der Waals surface area contributed by atoms with Gasteiger partial charge < -0.3 is 4.90 Å². The number of carbonyl (C=O) groups is 1. The minimum Gasteiger partial charge on any atom is -0.311 e. The van der Waals surface area contributed by atoms with Gasteiger partial charge in [-0.1, -0.05) is 48.5 Å². The van der Waals surface area contributed by atoms with E-state index < -0.39 is 9.84 Å². The second-order valence-electron chi connectivity index (χ2n) is 6.13. The average Bonchev–Trinajstić information content (AvgIpc) is 2.59. The lowest BCUT2D eigenvalue weighted by atomic mass is 10.1. The van der Waals surface area contributed by atoms with Crippen molar-refractivity contribution in [2.24, 2.45) is 0 Å². The van der Waals surface area contributed by atoms with E-state index in [0.717, 1.165) is 16.5 Å². The third-order valence-electron chi connectivity index (χ3n) is 4.04. The van der Waals surface area contributed by atoms with Crippen LogP contribution < -0.4 is 4.90 Å². The first-order valence-corrected chi connectivity index (χ1v) is 9.94. The molecule has 0 unspecified atom stereocenters. The number of anilines is 1. The summed E-state index contributed by atoms with van der Waals surface area (Å²) in [7, 11) is -1.42. The van der Waals surface area contributed by atoms with E-state index in [1.807, 2.05) is 42.5 Å². The van der Waals surface area contributed by atoms with E-state index >= 15 is 0 Å². The highest BCUT2D eigenvalue weighted by Gasteiger charge is 2.16. The average molecular weight is 353 g/mol. The lowest BCUT2D eigenvalue weighted by Crippen LogP contribution is -2.26. The van der Waals surface area contributed by atoms with Crippen LogP contribution in [0.4, 0.5) is 5.69 Å². The molecule has 4 nitrogen and oxygen atoms in total. The Morgan fingerprint density at radius 1 is 0.960 bits per heavy atom. The number of fused-ring (bicyclic) bond motifs is 1. The molecule has 0 N–H and O–H groups in total. The quantitative estimate of drug-likeness (QED) is 0.719. The Morgan fingerprint density at radius 3 is 2.40 bits per heavy atom. The maximum atomic E-state index is 12.9. The van der Waals surface area contributed by atoms with Gasteiger partial charge in [-0.05, 0) is 29.1 Å². The fraction of sp³-hybridized carbons (Fsp3) is 0.150. The highest BCUT2D eigenvalue weighted by atomic mass is 32.2. The van der Waals surface area contributed by atoms with Gasteiger partial charge in [0.15, 0.2) is 9.84 Å². The van der Waals surface area contributed by atoms with Crippen LogP contribution in [-0.4, -0.2) is 27.6 Å². The Kier molecular flexibility index (Phi) is 4.59. The Morgan fingerprint density at radius 2 is 1.64 bits per heavy atom. The van der Waals surface area contributed by atoms with Crippen molar-refractivity contribution in [3.63, 3.8) is 0 Å². The van der Waals surface area contributed by atoms with Gasteiger partial charge in [-0.2, -0.15) is 0 Å². The van der Waals surface area contributed by atoms with Crippen LogP contribution >= 0.6 is 0 Å². The molecule has 0 aliphatic rings. The van der Waals surface area contributed by atoms with Crippen LogP contribution in [0.3, 0.4) is 0 Å². The van der Waals surface area contributed by atoms with Gasteiger partial charge in [-0.25, -0.2) is 8.42 Å². The number of hydrogen-bond acceptors (Lipinski definition) is 3. The third-order valence-corrected chi connectivity index (χ3v) is 4.89. The molecule has 0 fully saturated rings. The normalized spacial score (nSPS) is 11.4. The van der Waals surface area contributed by atoms with Gasteiger partial charge >= 0.3 is 0 Å². The number of benzene rings is 3. The molecule has 25 heavy (non-hydrogen) atoms. The van der Waals surface area contributed by atoms with Gasteiger partial charge in [-0.15, -0.1) is 0 Å². The van der Waals surface area contributed by atoms with Crippen LogP contribution in [-0.2, 0) is 15.6 Å². The van der Waals surface area contributed by atoms with Crippen LogP contribution in [0.2, 0.25) is 0 Å². The zero-order chi connectivity index (χ0) is 18.0. The Bertz CT molecular complexity index is 1040. The first kappa shape index (κ1) is 17.2. The molecule has 128 valence electrons. The summed E-state index contributed by atoms with van der Waals surface area (Å²) >= 11 is 0.